The highest BCUT2D eigenvalue weighted by atomic mass is 16.3. The van der Waals surface area contributed by atoms with Crippen LogP contribution in [0, 0.1) is 0 Å². The van der Waals surface area contributed by atoms with Crippen LogP contribution in [0.4, 0.5) is 34.1 Å². The lowest BCUT2D eigenvalue weighted by Gasteiger charge is -2.36. The average Bonchev–Trinajstić information content (AvgIpc) is 4.25. The molecular formula is C73H46N2O2. The number of rotatable bonds is 8. The summed E-state index contributed by atoms with van der Waals surface area (Å²) in [6.07, 6.45) is 0. The van der Waals surface area contributed by atoms with Gasteiger partial charge in [-0.3, -0.25) is 0 Å². The van der Waals surface area contributed by atoms with Gasteiger partial charge in [-0.05, 0) is 139 Å². The van der Waals surface area contributed by atoms with Crippen LogP contribution in [-0.4, -0.2) is 0 Å². The molecule has 4 heteroatoms. The topological polar surface area (TPSA) is 32.8 Å². The maximum absolute atomic E-state index is 6.62. The van der Waals surface area contributed by atoms with Crippen LogP contribution in [-0.2, 0) is 5.41 Å². The number of nitrogens with zero attached hydrogens (tertiary/aromatic N) is 2. The molecule has 77 heavy (non-hydrogen) atoms. The van der Waals surface area contributed by atoms with E-state index in [1.54, 1.807) is 0 Å². The third-order valence-electron chi connectivity index (χ3n) is 16.2. The predicted molar refractivity (Wildman–Crippen MR) is 320 cm³/mol. The Kier molecular flexibility index (Phi) is 9.52. The zero-order valence-electron chi connectivity index (χ0n) is 41.8. The molecule has 2 aromatic heterocycles. The quantitative estimate of drug-likeness (QED) is 0.142. The molecule has 360 valence electrons. The number of furan rings is 2. The lowest BCUT2D eigenvalue weighted by atomic mass is 9.66. The molecular weight excluding hydrogens is 937 g/mol. The van der Waals surface area contributed by atoms with Gasteiger partial charge in [0.25, 0.3) is 0 Å². The van der Waals surface area contributed by atoms with Crippen LogP contribution in [0.2, 0.25) is 0 Å². The van der Waals surface area contributed by atoms with Gasteiger partial charge in [0.1, 0.15) is 22.3 Å². The van der Waals surface area contributed by atoms with Crippen molar-refractivity contribution in [3.05, 3.63) is 301 Å². The first kappa shape index (κ1) is 43.3. The molecule has 4 nitrogen and oxygen atoms in total. The summed E-state index contributed by atoms with van der Waals surface area (Å²) >= 11 is 0. The maximum atomic E-state index is 6.62. The van der Waals surface area contributed by atoms with E-state index in [4.69, 9.17) is 8.83 Å². The summed E-state index contributed by atoms with van der Waals surface area (Å²) < 4.78 is 13.2. The van der Waals surface area contributed by atoms with E-state index in [1.807, 2.05) is 6.07 Å². The third-order valence-corrected chi connectivity index (χ3v) is 16.2. The molecule has 0 N–H and O–H groups in total. The van der Waals surface area contributed by atoms with Crippen molar-refractivity contribution in [3.8, 4) is 11.1 Å². The van der Waals surface area contributed by atoms with Crippen LogP contribution in [0.25, 0.3) is 87.3 Å². The molecule has 16 rings (SSSR count). The van der Waals surface area contributed by atoms with Crippen LogP contribution in [0.5, 0.6) is 0 Å². The fraction of sp³-hybridized carbons (Fsp3) is 0.0137. The van der Waals surface area contributed by atoms with Crippen LogP contribution in [0.1, 0.15) is 22.3 Å². The third kappa shape index (κ3) is 6.27. The van der Waals surface area contributed by atoms with Crippen molar-refractivity contribution in [2.75, 3.05) is 9.80 Å². The summed E-state index contributed by atoms with van der Waals surface area (Å²) in [6, 6.07) is 102. The van der Waals surface area contributed by atoms with Gasteiger partial charge in [0.15, 0.2) is 0 Å². The Labute approximate surface area is 444 Å². The zero-order chi connectivity index (χ0) is 50.6. The normalized spacial score (nSPS) is 12.8. The first-order valence-corrected chi connectivity index (χ1v) is 26.4. The Bertz CT molecular complexity index is 4770. The van der Waals surface area contributed by atoms with Gasteiger partial charge in [-0.25, -0.2) is 0 Å². The summed E-state index contributed by atoms with van der Waals surface area (Å²) in [6.45, 7) is 0. The van der Waals surface area contributed by atoms with Crippen molar-refractivity contribution in [2.24, 2.45) is 0 Å². The Hall–Kier alpha value is -10.2. The number of anilines is 6. The van der Waals surface area contributed by atoms with E-state index in [-0.39, 0.29) is 0 Å². The SMILES string of the molecule is c1ccc(N(c2ccc3c4c(c5ccccc5c3c2)-c2c(cc(N(c3ccccc3)c3cccc5oc6ccccc6c35)c3ccccc23)C4(c2ccccc2)c2ccccc2)c2cccc3oc4ccccc4c23)cc1. The summed E-state index contributed by atoms with van der Waals surface area (Å²) in [5, 5.41) is 11.5. The molecule has 0 amide bonds. The zero-order valence-corrected chi connectivity index (χ0v) is 41.8. The lowest BCUT2D eigenvalue weighted by molar-refractivity contribution is 0.668. The van der Waals surface area contributed by atoms with E-state index < -0.39 is 5.41 Å². The molecule has 0 aliphatic heterocycles. The van der Waals surface area contributed by atoms with Gasteiger partial charge in [0.2, 0.25) is 0 Å². The summed E-state index contributed by atoms with van der Waals surface area (Å²) in [5.74, 6) is 0. The Morgan fingerprint density at radius 2 is 0.701 bits per heavy atom. The highest BCUT2D eigenvalue weighted by Crippen LogP contribution is 2.64. The molecule has 1 aliphatic carbocycles. The molecule has 15 aromatic rings. The van der Waals surface area contributed by atoms with Crippen molar-refractivity contribution in [1.82, 2.24) is 0 Å². The maximum Gasteiger partial charge on any atom is 0.137 e. The Balaban J connectivity index is 1.05. The molecule has 0 fully saturated rings. The molecule has 0 atom stereocenters. The van der Waals surface area contributed by atoms with Crippen molar-refractivity contribution < 1.29 is 8.83 Å². The Morgan fingerprint density at radius 3 is 1.27 bits per heavy atom. The van der Waals surface area contributed by atoms with Gasteiger partial charge in [0, 0.05) is 33.2 Å². The minimum absolute atomic E-state index is 0.785. The van der Waals surface area contributed by atoms with E-state index in [0.29, 0.717) is 0 Å². The van der Waals surface area contributed by atoms with Crippen LogP contribution >= 0.6 is 0 Å². The van der Waals surface area contributed by atoms with Gasteiger partial charge in [-0.2, -0.15) is 0 Å². The second-order valence-corrected chi connectivity index (χ2v) is 20.2. The smallest absolute Gasteiger partial charge is 0.137 e. The molecule has 0 radical (unpaired) electrons. The highest BCUT2D eigenvalue weighted by molar-refractivity contribution is 6.25. The van der Waals surface area contributed by atoms with E-state index in [0.717, 1.165) is 83.4 Å². The number of hydrogen-bond acceptors (Lipinski definition) is 4. The second-order valence-electron chi connectivity index (χ2n) is 20.2. The molecule has 0 saturated heterocycles. The largest absolute Gasteiger partial charge is 0.456 e. The standard InChI is InChI=1S/C73H46N2O2/c1-5-23-47(24-6-1)73(48-25-7-2-8-26-48)60-46-63(75(50-29-11-4-12-30-50)62-38-22-42-67-70(62)58-36-18-20-40-65(58)77-67)53-32-14-16-34-55(53)68(60)71-54-33-15-13-31-52(54)59-45-51(43-44-56(59)72(71)73)74(49-27-9-3-10-28-49)61-37-21-41-66-69(61)57-35-17-19-39-64(57)76-66/h1-46H. The fourth-order valence-electron chi connectivity index (χ4n) is 13.2. The van der Waals surface area contributed by atoms with Crippen molar-refractivity contribution in [2.45, 2.75) is 5.41 Å². The predicted octanol–water partition coefficient (Wildman–Crippen LogP) is 20.2. The van der Waals surface area contributed by atoms with E-state index >= 15 is 0 Å². The average molecular weight is 983 g/mol. The van der Waals surface area contributed by atoms with Gasteiger partial charge in [-0.1, -0.05) is 200 Å². The molecule has 0 saturated carbocycles. The Morgan fingerprint density at radius 1 is 0.260 bits per heavy atom. The van der Waals surface area contributed by atoms with Crippen LogP contribution in [0.15, 0.2) is 288 Å². The molecule has 0 unspecified atom stereocenters. The monoisotopic (exact) mass is 982 g/mol. The van der Waals surface area contributed by atoms with Crippen LogP contribution in [0.3, 0.4) is 0 Å². The first-order valence-electron chi connectivity index (χ1n) is 26.4. The van der Waals surface area contributed by atoms with E-state index in [9.17, 15) is 0 Å². The number of para-hydroxylation sites is 4. The fourth-order valence-corrected chi connectivity index (χ4v) is 13.2. The lowest BCUT2D eigenvalue weighted by Crippen LogP contribution is -2.29. The molecule has 0 spiro atoms. The summed E-state index contributed by atoms with van der Waals surface area (Å²) in [4.78, 5) is 4.88. The number of benzene rings is 13. The van der Waals surface area contributed by atoms with Crippen LogP contribution < -0.4 is 9.80 Å². The molecule has 0 bridgehead atoms. The molecule has 13 aromatic carbocycles. The van der Waals surface area contributed by atoms with E-state index in [1.165, 1.54) is 60.3 Å². The molecule has 2 heterocycles. The molecule has 1 aliphatic rings. The minimum atomic E-state index is -0.785. The summed E-state index contributed by atoms with van der Waals surface area (Å²) in [5.41, 5.74) is 16.4. The van der Waals surface area contributed by atoms with Gasteiger partial charge >= 0.3 is 0 Å². The van der Waals surface area contributed by atoms with Crippen molar-refractivity contribution >= 4 is 110 Å². The second kappa shape index (κ2) is 16.9. The van der Waals surface area contributed by atoms with Gasteiger partial charge in [-0.15, -0.1) is 0 Å². The van der Waals surface area contributed by atoms with Crippen molar-refractivity contribution in [1.29, 1.82) is 0 Å². The van der Waals surface area contributed by atoms with E-state index in [2.05, 4.69) is 283 Å². The number of fused-ring (bicyclic) bond motifs is 16. The first-order chi connectivity index (χ1) is 38.2. The number of hydrogen-bond donors (Lipinski definition) is 0. The van der Waals surface area contributed by atoms with Gasteiger partial charge < -0.3 is 18.6 Å². The summed E-state index contributed by atoms with van der Waals surface area (Å²) in [7, 11) is 0. The van der Waals surface area contributed by atoms with Gasteiger partial charge in [0.05, 0.1) is 33.2 Å². The van der Waals surface area contributed by atoms with Crippen molar-refractivity contribution in [3.63, 3.8) is 0 Å². The highest BCUT2D eigenvalue weighted by Gasteiger charge is 2.49. The minimum Gasteiger partial charge on any atom is -0.456 e.